The summed E-state index contributed by atoms with van der Waals surface area (Å²) >= 11 is 0. The van der Waals surface area contributed by atoms with Crippen molar-refractivity contribution in [3.63, 3.8) is 0 Å². The van der Waals surface area contributed by atoms with Crippen LogP contribution in [-0.4, -0.2) is 19.5 Å². The fraction of sp³-hybridized carbons (Fsp3) is 0. The van der Waals surface area contributed by atoms with Gasteiger partial charge in [-0.1, -0.05) is 133 Å². The van der Waals surface area contributed by atoms with Gasteiger partial charge in [0.25, 0.3) is 0 Å². The van der Waals surface area contributed by atoms with Crippen LogP contribution in [-0.2, 0) is 0 Å². The molecule has 0 aliphatic heterocycles. The molecular weight excluding hydrogens is 564 g/mol. The summed E-state index contributed by atoms with van der Waals surface area (Å²) in [4.78, 5) is 15.3. The van der Waals surface area contributed by atoms with Gasteiger partial charge in [0.05, 0.1) is 11.0 Å². The Morgan fingerprint density at radius 3 is 1.72 bits per heavy atom. The van der Waals surface area contributed by atoms with E-state index in [0.717, 1.165) is 76.4 Å². The molecule has 3 aromatic heterocycles. The standard InChI is InChI=1S/C41H24N4O/c1-3-14-26(15-4-1)39-42-40(27-16-5-2-6-17-27)44-41(43-39)45-33-22-12-11-21-31(33)34-35-32-24-23-25-13-7-8-18-28(25)37(32)46-38(35)30-20-10-9-19-29(30)36(34)45/h1-24H. The van der Waals surface area contributed by atoms with E-state index in [4.69, 9.17) is 19.4 Å². The van der Waals surface area contributed by atoms with Crippen molar-refractivity contribution in [2.45, 2.75) is 0 Å². The van der Waals surface area contributed by atoms with Gasteiger partial charge in [0, 0.05) is 48.8 Å². The van der Waals surface area contributed by atoms with Crippen LogP contribution >= 0.6 is 0 Å². The van der Waals surface area contributed by atoms with Crippen molar-refractivity contribution in [1.82, 2.24) is 19.5 Å². The van der Waals surface area contributed by atoms with Gasteiger partial charge in [-0.25, -0.2) is 4.98 Å². The lowest BCUT2D eigenvalue weighted by Crippen LogP contribution is -2.06. The van der Waals surface area contributed by atoms with Crippen LogP contribution in [0.25, 0.3) is 94.0 Å². The van der Waals surface area contributed by atoms with Crippen LogP contribution in [0.1, 0.15) is 0 Å². The van der Waals surface area contributed by atoms with E-state index in [1.54, 1.807) is 0 Å². The number of benzene rings is 7. The summed E-state index contributed by atoms with van der Waals surface area (Å²) in [5, 5.41) is 8.83. The third-order valence-corrected chi connectivity index (χ3v) is 9.02. The molecule has 0 saturated carbocycles. The Morgan fingerprint density at radius 1 is 0.413 bits per heavy atom. The Balaban J connectivity index is 1.42. The fourth-order valence-corrected chi connectivity index (χ4v) is 7.00. The molecule has 7 aromatic carbocycles. The molecule has 0 N–H and O–H groups in total. The van der Waals surface area contributed by atoms with Crippen LogP contribution in [0.3, 0.4) is 0 Å². The number of nitrogens with zero attached hydrogens (tertiary/aromatic N) is 4. The second-order valence-electron chi connectivity index (χ2n) is 11.6. The maximum absolute atomic E-state index is 6.85. The molecule has 0 saturated heterocycles. The van der Waals surface area contributed by atoms with Gasteiger partial charge >= 0.3 is 0 Å². The topological polar surface area (TPSA) is 56.7 Å². The molecule has 0 amide bonds. The number of fused-ring (bicyclic) bond motifs is 12. The number of hydrogen-bond acceptors (Lipinski definition) is 4. The summed E-state index contributed by atoms with van der Waals surface area (Å²) in [7, 11) is 0. The largest absolute Gasteiger partial charge is 0.455 e. The molecule has 0 aliphatic rings. The molecule has 46 heavy (non-hydrogen) atoms. The fourth-order valence-electron chi connectivity index (χ4n) is 7.00. The van der Waals surface area contributed by atoms with E-state index in [0.29, 0.717) is 17.6 Å². The number of rotatable bonds is 3. The monoisotopic (exact) mass is 588 g/mol. The van der Waals surface area contributed by atoms with Crippen LogP contribution in [0.2, 0.25) is 0 Å². The van der Waals surface area contributed by atoms with Gasteiger partial charge in [-0.3, -0.25) is 4.57 Å². The van der Waals surface area contributed by atoms with E-state index in [2.05, 4.69) is 89.5 Å². The second kappa shape index (κ2) is 9.58. The summed E-state index contributed by atoms with van der Waals surface area (Å²) < 4.78 is 9.07. The normalized spacial score (nSPS) is 11.9. The quantitative estimate of drug-likeness (QED) is 0.206. The van der Waals surface area contributed by atoms with Crippen molar-refractivity contribution in [1.29, 1.82) is 0 Å². The molecule has 0 fully saturated rings. The van der Waals surface area contributed by atoms with E-state index in [1.807, 2.05) is 60.7 Å². The van der Waals surface area contributed by atoms with Gasteiger partial charge in [0.2, 0.25) is 5.95 Å². The van der Waals surface area contributed by atoms with E-state index in [1.165, 1.54) is 0 Å². The Morgan fingerprint density at radius 2 is 1.00 bits per heavy atom. The molecule has 0 spiro atoms. The maximum Gasteiger partial charge on any atom is 0.238 e. The predicted molar refractivity (Wildman–Crippen MR) is 187 cm³/mol. The first kappa shape index (κ1) is 25.0. The highest BCUT2D eigenvalue weighted by Crippen LogP contribution is 2.46. The molecule has 0 aliphatic carbocycles. The molecule has 0 bridgehead atoms. The molecule has 0 radical (unpaired) electrons. The van der Waals surface area contributed by atoms with Crippen LogP contribution in [0.5, 0.6) is 0 Å². The zero-order valence-corrected chi connectivity index (χ0v) is 24.6. The van der Waals surface area contributed by atoms with Crippen molar-refractivity contribution in [2.75, 3.05) is 0 Å². The molecule has 10 aromatic rings. The van der Waals surface area contributed by atoms with Crippen LogP contribution in [0.15, 0.2) is 150 Å². The molecule has 10 rings (SSSR count). The van der Waals surface area contributed by atoms with Crippen molar-refractivity contribution in [2.24, 2.45) is 0 Å². The first-order chi connectivity index (χ1) is 22.8. The molecular formula is C41H24N4O. The van der Waals surface area contributed by atoms with Crippen molar-refractivity contribution < 1.29 is 4.42 Å². The van der Waals surface area contributed by atoms with Crippen molar-refractivity contribution >= 4 is 65.3 Å². The molecule has 5 nitrogen and oxygen atoms in total. The first-order valence-electron chi connectivity index (χ1n) is 15.4. The molecule has 0 unspecified atom stereocenters. The van der Waals surface area contributed by atoms with Crippen molar-refractivity contribution in [3.8, 4) is 28.7 Å². The van der Waals surface area contributed by atoms with Gasteiger partial charge in [-0.2, -0.15) is 9.97 Å². The predicted octanol–water partition coefficient (Wildman–Crippen LogP) is 10.5. The Kier molecular flexibility index (Phi) is 5.22. The van der Waals surface area contributed by atoms with E-state index < -0.39 is 0 Å². The first-order valence-corrected chi connectivity index (χ1v) is 15.4. The minimum Gasteiger partial charge on any atom is -0.455 e. The van der Waals surface area contributed by atoms with E-state index >= 15 is 0 Å². The lowest BCUT2D eigenvalue weighted by atomic mass is 9.98. The Labute approximate surface area is 263 Å². The van der Waals surface area contributed by atoms with E-state index in [-0.39, 0.29) is 0 Å². The van der Waals surface area contributed by atoms with Crippen molar-refractivity contribution in [3.05, 3.63) is 146 Å². The van der Waals surface area contributed by atoms with Crippen LogP contribution in [0, 0.1) is 0 Å². The second-order valence-corrected chi connectivity index (χ2v) is 11.6. The SMILES string of the molecule is c1ccc(-c2nc(-c3ccccc3)nc(-n3c4ccccc4c4c5c6ccc7ccccc7c6oc5c5ccccc5c43)n2)cc1. The molecule has 3 heterocycles. The summed E-state index contributed by atoms with van der Waals surface area (Å²) in [5.41, 5.74) is 5.73. The van der Waals surface area contributed by atoms with Gasteiger partial charge in [-0.15, -0.1) is 0 Å². The minimum atomic E-state index is 0.571. The lowest BCUT2D eigenvalue weighted by Gasteiger charge is -2.12. The number of para-hydroxylation sites is 1. The average Bonchev–Trinajstić information content (AvgIpc) is 3.69. The third-order valence-electron chi connectivity index (χ3n) is 9.02. The summed E-state index contributed by atoms with van der Waals surface area (Å²) in [5.74, 6) is 1.82. The molecule has 5 heteroatoms. The number of hydrogen-bond donors (Lipinski definition) is 0. The van der Waals surface area contributed by atoms with Gasteiger partial charge in [0.1, 0.15) is 11.2 Å². The highest BCUT2D eigenvalue weighted by Gasteiger charge is 2.25. The molecule has 0 atom stereocenters. The summed E-state index contributed by atoms with van der Waals surface area (Å²) in [6.07, 6.45) is 0. The maximum atomic E-state index is 6.85. The number of furan rings is 1. The molecule has 214 valence electrons. The third kappa shape index (κ3) is 3.54. The average molecular weight is 589 g/mol. The van der Waals surface area contributed by atoms with Gasteiger partial charge in [0.15, 0.2) is 11.6 Å². The van der Waals surface area contributed by atoms with Gasteiger partial charge in [-0.05, 0) is 17.5 Å². The summed E-state index contributed by atoms with van der Waals surface area (Å²) in [6, 6.07) is 50.1. The Hall–Kier alpha value is -6.33. The lowest BCUT2D eigenvalue weighted by molar-refractivity contribution is 0.676. The number of aromatic nitrogens is 4. The smallest absolute Gasteiger partial charge is 0.238 e. The highest BCUT2D eigenvalue weighted by atomic mass is 16.3. The van der Waals surface area contributed by atoms with Crippen LogP contribution in [0.4, 0.5) is 0 Å². The zero-order valence-electron chi connectivity index (χ0n) is 24.6. The summed E-state index contributed by atoms with van der Waals surface area (Å²) in [6.45, 7) is 0. The highest BCUT2D eigenvalue weighted by molar-refractivity contribution is 6.37. The zero-order chi connectivity index (χ0) is 30.2. The van der Waals surface area contributed by atoms with Crippen LogP contribution < -0.4 is 0 Å². The van der Waals surface area contributed by atoms with E-state index in [9.17, 15) is 0 Å². The Bertz CT molecular complexity index is 2740. The minimum absolute atomic E-state index is 0.571. The van der Waals surface area contributed by atoms with Gasteiger partial charge < -0.3 is 4.42 Å².